The highest BCUT2D eigenvalue weighted by atomic mass is 32.2. The van der Waals surface area contributed by atoms with Crippen LogP contribution in [0.4, 0.5) is 0 Å². The second kappa shape index (κ2) is 7.34. The monoisotopic (exact) mass is 294 g/mol. The predicted molar refractivity (Wildman–Crippen MR) is 87.5 cm³/mol. The highest BCUT2D eigenvalue weighted by molar-refractivity contribution is 7.99. The predicted octanol–water partition coefficient (Wildman–Crippen LogP) is 2.91. The van der Waals surface area contributed by atoms with E-state index >= 15 is 0 Å². The molecule has 4 heteroatoms. The van der Waals surface area contributed by atoms with Gasteiger partial charge in [0.25, 0.3) is 0 Å². The molecule has 0 aromatic heterocycles. The molecule has 3 atom stereocenters. The molecule has 0 spiro atoms. The fourth-order valence-electron chi connectivity index (χ4n) is 2.94. The van der Waals surface area contributed by atoms with Crippen molar-refractivity contribution < 1.29 is 4.74 Å². The summed E-state index contributed by atoms with van der Waals surface area (Å²) in [4.78, 5) is 2.56. The van der Waals surface area contributed by atoms with Crippen LogP contribution in [0.15, 0.2) is 24.3 Å². The zero-order valence-electron chi connectivity index (χ0n) is 12.7. The normalized spacial score (nSPS) is 23.3. The van der Waals surface area contributed by atoms with Gasteiger partial charge in [0, 0.05) is 35.7 Å². The van der Waals surface area contributed by atoms with E-state index in [4.69, 9.17) is 10.5 Å². The summed E-state index contributed by atoms with van der Waals surface area (Å²) in [6.07, 6.45) is 0.971. The quantitative estimate of drug-likeness (QED) is 0.906. The summed E-state index contributed by atoms with van der Waals surface area (Å²) in [6.45, 7) is 5.57. The van der Waals surface area contributed by atoms with E-state index in [0.29, 0.717) is 6.04 Å². The standard InChI is InChI=1S/C16H26N2OS/c1-4-14(17)16(18-9-10-20-11-12(18)2)13-7-5-6-8-15(13)19-3/h5-8,12,14,16H,4,9-11,17H2,1-3H3. The number of para-hydroxylation sites is 1. The third kappa shape index (κ3) is 3.30. The van der Waals surface area contributed by atoms with Crippen LogP contribution in [0.1, 0.15) is 31.9 Å². The molecule has 1 fully saturated rings. The lowest BCUT2D eigenvalue weighted by Gasteiger charge is -2.42. The number of methoxy groups -OCH3 is 1. The maximum atomic E-state index is 6.46. The Morgan fingerprint density at radius 2 is 2.20 bits per heavy atom. The summed E-state index contributed by atoms with van der Waals surface area (Å²) in [6, 6.07) is 9.23. The van der Waals surface area contributed by atoms with E-state index in [0.717, 1.165) is 18.7 Å². The van der Waals surface area contributed by atoms with Crippen LogP contribution in [-0.4, -0.2) is 42.1 Å². The van der Waals surface area contributed by atoms with Crippen molar-refractivity contribution in [2.75, 3.05) is 25.2 Å². The van der Waals surface area contributed by atoms with E-state index in [9.17, 15) is 0 Å². The lowest BCUT2D eigenvalue weighted by Crippen LogP contribution is -2.49. The second-order valence-electron chi connectivity index (χ2n) is 5.42. The maximum absolute atomic E-state index is 6.46. The molecule has 0 saturated carbocycles. The first kappa shape index (κ1) is 15.7. The molecule has 0 bridgehead atoms. The molecule has 3 unspecified atom stereocenters. The minimum absolute atomic E-state index is 0.136. The molecule has 1 aliphatic rings. The molecule has 0 aliphatic carbocycles. The first-order chi connectivity index (χ1) is 9.69. The van der Waals surface area contributed by atoms with Crippen molar-refractivity contribution in [1.82, 2.24) is 4.90 Å². The third-order valence-electron chi connectivity index (χ3n) is 4.11. The van der Waals surface area contributed by atoms with Crippen LogP contribution in [0.3, 0.4) is 0 Å². The van der Waals surface area contributed by atoms with Crippen molar-refractivity contribution in [1.29, 1.82) is 0 Å². The number of thioether (sulfide) groups is 1. The maximum Gasteiger partial charge on any atom is 0.123 e. The van der Waals surface area contributed by atoms with Gasteiger partial charge in [-0.1, -0.05) is 25.1 Å². The number of benzene rings is 1. The lowest BCUT2D eigenvalue weighted by atomic mass is 9.94. The first-order valence-electron chi connectivity index (χ1n) is 7.41. The molecule has 112 valence electrons. The van der Waals surface area contributed by atoms with Crippen molar-refractivity contribution in [3.05, 3.63) is 29.8 Å². The largest absolute Gasteiger partial charge is 0.496 e. The highest BCUT2D eigenvalue weighted by Gasteiger charge is 2.32. The van der Waals surface area contributed by atoms with Gasteiger partial charge in [-0.05, 0) is 19.4 Å². The van der Waals surface area contributed by atoms with Crippen molar-refractivity contribution in [3.63, 3.8) is 0 Å². The first-order valence-corrected chi connectivity index (χ1v) is 8.56. The summed E-state index contributed by atoms with van der Waals surface area (Å²) in [5, 5.41) is 0. The zero-order valence-corrected chi connectivity index (χ0v) is 13.5. The molecule has 2 N–H and O–H groups in total. The molecule has 1 aliphatic heterocycles. The molecule has 1 aromatic rings. The van der Waals surface area contributed by atoms with Crippen LogP contribution >= 0.6 is 11.8 Å². The van der Waals surface area contributed by atoms with E-state index < -0.39 is 0 Å². The van der Waals surface area contributed by atoms with Gasteiger partial charge in [0.05, 0.1) is 13.2 Å². The zero-order chi connectivity index (χ0) is 14.5. The molecule has 0 amide bonds. The van der Waals surface area contributed by atoms with Crippen LogP contribution in [0.5, 0.6) is 5.75 Å². The van der Waals surface area contributed by atoms with Crippen molar-refractivity contribution in [2.24, 2.45) is 5.73 Å². The Morgan fingerprint density at radius 1 is 1.45 bits per heavy atom. The van der Waals surface area contributed by atoms with Gasteiger partial charge in [-0.2, -0.15) is 11.8 Å². The lowest BCUT2D eigenvalue weighted by molar-refractivity contribution is 0.135. The van der Waals surface area contributed by atoms with E-state index in [2.05, 4.69) is 30.9 Å². The van der Waals surface area contributed by atoms with Gasteiger partial charge >= 0.3 is 0 Å². The smallest absolute Gasteiger partial charge is 0.123 e. The van der Waals surface area contributed by atoms with E-state index in [-0.39, 0.29) is 12.1 Å². The van der Waals surface area contributed by atoms with Gasteiger partial charge in [-0.15, -0.1) is 0 Å². The average molecular weight is 294 g/mol. The molecular weight excluding hydrogens is 268 g/mol. The fraction of sp³-hybridized carbons (Fsp3) is 0.625. The Hall–Kier alpha value is -0.710. The summed E-state index contributed by atoms with van der Waals surface area (Å²) in [5.74, 6) is 3.32. The number of rotatable bonds is 5. The summed E-state index contributed by atoms with van der Waals surface area (Å²) in [5.41, 5.74) is 7.69. The van der Waals surface area contributed by atoms with E-state index in [1.165, 1.54) is 17.1 Å². The van der Waals surface area contributed by atoms with E-state index in [1.807, 2.05) is 23.9 Å². The Labute approximate surface area is 126 Å². The minimum atomic E-state index is 0.136. The van der Waals surface area contributed by atoms with Crippen LogP contribution < -0.4 is 10.5 Å². The van der Waals surface area contributed by atoms with Crippen LogP contribution in [-0.2, 0) is 0 Å². The summed E-state index contributed by atoms with van der Waals surface area (Å²) < 4.78 is 5.56. The molecule has 1 saturated heterocycles. The number of nitrogens with two attached hydrogens (primary N) is 1. The number of ether oxygens (including phenoxy) is 1. The van der Waals surface area contributed by atoms with Crippen molar-refractivity contribution >= 4 is 11.8 Å². The summed E-state index contributed by atoms with van der Waals surface area (Å²) >= 11 is 2.03. The van der Waals surface area contributed by atoms with Gasteiger partial charge in [-0.25, -0.2) is 0 Å². The topological polar surface area (TPSA) is 38.5 Å². The van der Waals surface area contributed by atoms with Crippen molar-refractivity contribution in [2.45, 2.75) is 38.4 Å². The Balaban J connectivity index is 2.36. The molecule has 2 rings (SSSR count). The third-order valence-corrected chi connectivity index (χ3v) is 5.30. The van der Waals surface area contributed by atoms with Gasteiger partial charge in [0.15, 0.2) is 0 Å². The average Bonchev–Trinajstić information content (AvgIpc) is 2.49. The van der Waals surface area contributed by atoms with Crippen LogP contribution in [0.25, 0.3) is 0 Å². The molecule has 1 heterocycles. The van der Waals surface area contributed by atoms with E-state index in [1.54, 1.807) is 7.11 Å². The Kier molecular flexibility index (Phi) is 5.75. The van der Waals surface area contributed by atoms with Gasteiger partial charge < -0.3 is 10.5 Å². The van der Waals surface area contributed by atoms with Crippen LogP contribution in [0.2, 0.25) is 0 Å². The van der Waals surface area contributed by atoms with Gasteiger partial charge in [0.2, 0.25) is 0 Å². The molecule has 1 aromatic carbocycles. The Morgan fingerprint density at radius 3 is 2.85 bits per heavy atom. The van der Waals surface area contributed by atoms with Crippen LogP contribution in [0, 0.1) is 0 Å². The highest BCUT2D eigenvalue weighted by Crippen LogP contribution is 2.35. The molecule has 0 radical (unpaired) electrons. The van der Waals surface area contributed by atoms with Crippen molar-refractivity contribution in [3.8, 4) is 5.75 Å². The minimum Gasteiger partial charge on any atom is -0.496 e. The molecule has 20 heavy (non-hydrogen) atoms. The van der Waals surface area contributed by atoms with Gasteiger partial charge in [0.1, 0.15) is 5.75 Å². The fourth-order valence-corrected chi connectivity index (χ4v) is 3.98. The second-order valence-corrected chi connectivity index (χ2v) is 6.57. The summed E-state index contributed by atoms with van der Waals surface area (Å²) in [7, 11) is 1.74. The molecule has 3 nitrogen and oxygen atoms in total. The Bertz CT molecular complexity index is 427. The molecular formula is C16H26N2OS. The SMILES string of the molecule is CCC(N)C(c1ccccc1OC)N1CCSCC1C. The number of hydrogen-bond acceptors (Lipinski definition) is 4. The van der Waals surface area contributed by atoms with Gasteiger partial charge in [-0.3, -0.25) is 4.90 Å². The number of hydrogen-bond donors (Lipinski definition) is 1. The number of nitrogens with zero attached hydrogens (tertiary/aromatic N) is 1.